The molecule has 2 N–H and O–H groups in total. The predicted octanol–water partition coefficient (Wildman–Crippen LogP) is 5.14. The summed E-state index contributed by atoms with van der Waals surface area (Å²) in [4.78, 5) is 30.7. The van der Waals surface area contributed by atoms with E-state index in [1.807, 2.05) is 39.0 Å². The number of nitrogens with one attached hydrogen (secondary N) is 2. The maximum Gasteiger partial charge on any atom is 0.270 e. The molecule has 0 radical (unpaired) electrons. The second kappa shape index (κ2) is 10.6. The normalized spacial score (nSPS) is 16.4. The van der Waals surface area contributed by atoms with Gasteiger partial charge in [0.1, 0.15) is 11.7 Å². The molecular formula is C27H31F2N5O2. The fraction of sp³-hybridized carbons (Fsp3) is 0.407. The Bertz CT molecular complexity index is 1210. The first-order valence-corrected chi connectivity index (χ1v) is 12.2. The van der Waals surface area contributed by atoms with E-state index in [-0.39, 0.29) is 25.7 Å². The third kappa shape index (κ3) is 5.61. The third-order valence-electron chi connectivity index (χ3n) is 6.84. The minimum atomic E-state index is -2.74. The van der Waals surface area contributed by atoms with Crippen LogP contribution in [0.2, 0.25) is 0 Å². The van der Waals surface area contributed by atoms with Crippen LogP contribution in [-0.4, -0.2) is 38.5 Å². The van der Waals surface area contributed by atoms with Crippen LogP contribution in [0.3, 0.4) is 0 Å². The van der Waals surface area contributed by atoms with Crippen LogP contribution in [-0.2, 0) is 11.3 Å². The molecule has 9 heteroatoms. The highest BCUT2D eigenvalue weighted by molar-refractivity contribution is 6.00. The van der Waals surface area contributed by atoms with Crippen LogP contribution in [0.5, 0.6) is 0 Å². The Morgan fingerprint density at radius 3 is 2.42 bits per heavy atom. The number of rotatable bonds is 7. The molecule has 4 rings (SSSR count). The number of halogens is 2. The highest BCUT2D eigenvalue weighted by atomic mass is 19.3. The van der Waals surface area contributed by atoms with Crippen molar-refractivity contribution in [2.24, 2.45) is 5.92 Å². The largest absolute Gasteiger partial charge is 0.339 e. The van der Waals surface area contributed by atoms with Crippen molar-refractivity contribution in [2.45, 2.75) is 65.0 Å². The van der Waals surface area contributed by atoms with E-state index in [0.717, 1.165) is 22.4 Å². The Hall–Kier alpha value is -3.62. The number of pyridine rings is 1. The first kappa shape index (κ1) is 25.5. The quantitative estimate of drug-likeness (QED) is 0.475. The number of anilines is 1. The summed E-state index contributed by atoms with van der Waals surface area (Å²) in [5, 5.41) is 9.77. The summed E-state index contributed by atoms with van der Waals surface area (Å²) in [6.07, 6.45) is 2.98. The highest BCUT2D eigenvalue weighted by Crippen LogP contribution is 2.38. The lowest BCUT2D eigenvalue weighted by molar-refractivity contribution is -0.121. The van der Waals surface area contributed by atoms with Crippen LogP contribution >= 0.6 is 0 Å². The van der Waals surface area contributed by atoms with E-state index in [0.29, 0.717) is 17.9 Å². The number of hydrogen-bond donors (Lipinski definition) is 2. The number of benzene rings is 1. The first-order valence-electron chi connectivity index (χ1n) is 12.2. The molecular weight excluding hydrogens is 464 g/mol. The van der Waals surface area contributed by atoms with Gasteiger partial charge in [-0.05, 0) is 74.9 Å². The van der Waals surface area contributed by atoms with Crippen LogP contribution < -0.4 is 10.6 Å². The number of hydrogen-bond acceptors (Lipinski definition) is 4. The number of aryl methyl sites for hydroxylation is 3. The third-order valence-corrected chi connectivity index (χ3v) is 6.84. The van der Waals surface area contributed by atoms with Crippen molar-refractivity contribution in [3.8, 4) is 11.1 Å². The molecule has 0 bridgehead atoms. The van der Waals surface area contributed by atoms with E-state index < -0.39 is 29.7 Å². The van der Waals surface area contributed by atoms with E-state index in [2.05, 4.69) is 20.7 Å². The fourth-order valence-corrected chi connectivity index (χ4v) is 4.86. The molecule has 2 amide bonds. The van der Waals surface area contributed by atoms with E-state index in [1.165, 1.54) is 10.9 Å². The Morgan fingerprint density at radius 1 is 1.08 bits per heavy atom. The Balaban J connectivity index is 1.53. The van der Waals surface area contributed by atoms with Gasteiger partial charge in [-0.15, -0.1) is 0 Å². The maximum atomic E-state index is 13.8. The molecule has 190 valence electrons. The van der Waals surface area contributed by atoms with Crippen LogP contribution in [0.4, 0.5) is 14.5 Å². The summed E-state index contributed by atoms with van der Waals surface area (Å²) in [6, 6.07) is 9.96. The number of carbonyl (C=O) groups excluding carboxylic acids is 2. The van der Waals surface area contributed by atoms with Gasteiger partial charge in [0.05, 0.1) is 0 Å². The monoisotopic (exact) mass is 495 g/mol. The summed E-state index contributed by atoms with van der Waals surface area (Å²) in [6.45, 7) is 6.31. The lowest BCUT2D eigenvalue weighted by Crippen LogP contribution is -2.50. The van der Waals surface area contributed by atoms with Gasteiger partial charge in [-0.3, -0.25) is 19.3 Å². The second-order valence-electron chi connectivity index (χ2n) is 9.33. The smallest absolute Gasteiger partial charge is 0.270 e. The molecule has 1 saturated carbocycles. The molecule has 0 saturated heterocycles. The molecule has 2 heterocycles. The van der Waals surface area contributed by atoms with E-state index in [9.17, 15) is 18.4 Å². The molecule has 1 aromatic carbocycles. The summed E-state index contributed by atoms with van der Waals surface area (Å²) < 4.78 is 29.1. The van der Waals surface area contributed by atoms with Crippen LogP contribution in [0.1, 0.15) is 54.4 Å². The standard InChI is InChI=1S/C27H31F2N5O2/c1-4-34-22(12-16-31-34)25(35)33-24(20-9-13-27(28,29)14-10-20)26(36)32-21-7-5-19(6-8-21)23-17(2)11-15-30-18(23)3/h5-8,11-12,15-16,20,24H,4,9-10,13-14H2,1-3H3,(H,32,36)(H,33,35)/t24-/m0/s1. The maximum absolute atomic E-state index is 13.8. The molecule has 1 aliphatic rings. The van der Waals surface area contributed by atoms with Crippen LogP contribution in [0, 0.1) is 19.8 Å². The molecule has 0 unspecified atom stereocenters. The molecule has 0 aliphatic heterocycles. The van der Waals surface area contributed by atoms with Gasteiger partial charge in [0, 0.05) is 48.7 Å². The molecule has 7 nitrogen and oxygen atoms in total. The van der Waals surface area contributed by atoms with Crippen molar-refractivity contribution in [1.29, 1.82) is 0 Å². The van der Waals surface area contributed by atoms with Gasteiger partial charge < -0.3 is 10.6 Å². The second-order valence-corrected chi connectivity index (χ2v) is 9.33. The van der Waals surface area contributed by atoms with Gasteiger partial charge in [0.25, 0.3) is 5.91 Å². The SMILES string of the molecule is CCn1nccc1C(=O)N[C@H](C(=O)Nc1ccc(-c2c(C)ccnc2C)cc1)C1CCC(F)(F)CC1. The molecule has 1 fully saturated rings. The molecule has 3 aromatic rings. The molecule has 1 atom stereocenters. The molecule has 36 heavy (non-hydrogen) atoms. The van der Waals surface area contributed by atoms with Gasteiger partial charge in [-0.2, -0.15) is 5.10 Å². The van der Waals surface area contributed by atoms with Crippen molar-refractivity contribution < 1.29 is 18.4 Å². The zero-order chi connectivity index (χ0) is 25.9. The van der Waals surface area contributed by atoms with Crippen molar-refractivity contribution in [3.63, 3.8) is 0 Å². The van der Waals surface area contributed by atoms with E-state index in [1.54, 1.807) is 24.4 Å². The topological polar surface area (TPSA) is 88.9 Å². The summed E-state index contributed by atoms with van der Waals surface area (Å²) in [7, 11) is 0. The van der Waals surface area contributed by atoms with Crippen molar-refractivity contribution in [3.05, 3.63) is 65.7 Å². The number of carbonyl (C=O) groups is 2. The predicted molar refractivity (Wildman–Crippen MR) is 134 cm³/mol. The Labute approximate surface area is 209 Å². The fourth-order valence-electron chi connectivity index (χ4n) is 4.86. The lowest BCUT2D eigenvalue weighted by atomic mass is 9.81. The van der Waals surface area contributed by atoms with Crippen LogP contribution in [0.15, 0.2) is 48.8 Å². The minimum Gasteiger partial charge on any atom is -0.339 e. The van der Waals surface area contributed by atoms with Gasteiger partial charge in [0.2, 0.25) is 11.8 Å². The highest BCUT2D eigenvalue weighted by Gasteiger charge is 2.40. The van der Waals surface area contributed by atoms with Gasteiger partial charge in [-0.1, -0.05) is 12.1 Å². The van der Waals surface area contributed by atoms with Crippen molar-refractivity contribution >= 4 is 17.5 Å². The Morgan fingerprint density at radius 2 is 1.78 bits per heavy atom. The summed E-state index contributed by atoms with van der Waals surface area (Å²) in [5.74, 6) is -4.01. The zero-order valence-corrected chi connectivity index (χ0v) is 20.7. The molecule has 2 aromatic heterocycles. The van der Waals surface area contributed by atoms with Crippen molar-refractivity contribution in [2.75, 3.05) is 5.32 Å². The molecule has 1 aliphatic carbocycles. The average molecular weight is 496 g/mol. The number of amides is 2. The zero-order valence-electron chi connectivity index (χ0n) is 20.7. The first-order chi connectivity index (χ1) is 17.2. The van der Waals surface area contributed by atoms with E-state index in [4.69, 9.17) is 0 Å². The number of alkyl halides is 2. The summed E-state index contributed by atoms with van der Waals surface area (Å²) >= 11 is 0. The lowest BCUT2D eigenvalue weighted by Gasteiger charge is -2.33. The van der Waals surface area contributed by atoms with Crippen molar-refractivity contribution in [1.82, 2.24) is 20.1 Å². The average Bonchev–Trinajstić information content (AvgIpc) is 3.33. The minimum absolute atomic E-state index is 0.150. The van der Waals surface area contributed by atoms with Crippen LogP contribution in [0.25, 0.3) is 11.1 Å². The van der Waals surface area contributed by atoms with Gasteiger partial charge in [-0.25, -0.2) is 8.78 Å². The summed E-state index contributed by atoms with van der Waals surface area (Å²) in [5.41, 5.74) is 4.90. The van der Waals surface area contributed by atoms with E-state index >= 15 is 0 Å². The van der Waals surface area contributed by atoms with Gasteiger partial charge >= 0.3 is 0 Å². The Kier molecular flexibility index (Phi) is 7.47. The number of aromatic nitrogens is 3. The van der Waals surface area contributed by atoms with Gasteiger partial charge in [0.15, 0.2) is 0 Å². The number of nitrogens with zero attached hydrogens (tertiary/aromatic N) is 3. The molecule has 0 spiro atoms.